The summed E-state index contributed by atoms with van der Waals surface area (Å²) in [5, 5.41) is 17.8. The van der Waals surface area contributed by atoms with E-state index in [4.69, 9.17) is 4.74 Å². The Labute approximate surface area is 199 Å². The molecule has 1 unspecified atom stereocenters. The summed E-state index contributed by atoms with van der Waals surface area (Å²) in [7, 11) is 0. The molecule has 0 aliphatic carbocycles. The molecule has 4 aliphatic rings. The van der Waals surface area contributed by atoms with Crippen LogP contribution in [0.3, 0.4) is 0 Å². The summed E-state index contributed by atoms with van der Waals surface area (Å²) in [5.41, 5.74) is 1.53. The molecule has 11 heteroatoms. The predicted octanol–water partition coefficient (Wildman–Crippen LogP) is 0.190. The van der Waals surface area contributed by atoms with Gasteiger partial charge in [-0.15, -0.1) is 16.9 Å². The molecule has 5 heterocycles. The van der Waals surface area contributed by atoms with Crippen LogP contribution >= 0.6 is 11.8 Å². The second-order valence-corrected chi connectivity index (χ2v) is 10.3. The highest BCUT2D eigenvalue weighted by molar-refractivity contribution is 8.02. The molecule has 34 heavy (non-hydrogen) atoms. The number of rotatable bonds is 4. The lowest BCUT2D eigenvalue weighted by Crippen LogP contribution is -2.53. The zero-order valence-electron chi connectivity index (χ0n) is 18.2. The van der Waals surface area contributed by atoms with Crippen LogP contribution in [-0.2, 0) is 25.8 Å². The Morgan fingerprint density at radius 2 is 2.03 bits per heavy atom. The van der Waals surface area contributed by atoms with Crippen LogP contribution in [0.2, 0.25) is 0 Å². The molecular formula is C23H23N5O5S. The molecule has 2 amide bonds. The number of para-hydroxylation sites is 1. The lowest BCUT2D eigenvalue weighted by Gasteiger charge is -2.34. The molecule has 176 valence electrons. The molecule has 0 radical (unpaired) electrons. The van der Waals surface area contributed by atoms with E-state index in [2.05, 4.69) is 10.3 Å². The maximum Gasteiger partial charge on any atom is 0.311 e. The molecule has 4 aliphatic heterocycles. The summed E-state index contributed by atoms with van der Waals surface area (Å²) < 4.78 is 6.08. The van der Waals surface area contributed by atoms with Gasteiger partial charge in [0, 0.05) is 18.3 Å². The molecule has 2 saturated heterocycles. The second kappa shape index (κ2) is 7.95. The number of nitrogens with zero attached hydrogens (tertiary/aromatic N) is 5. The number of carbonyl (C=O) groups excluding carboxylic acids is 3. The number of benzene rings is 1. The van der Waals surface area contributed by atoms with E-state index in [1.807, 2.05) is 42.5 Å². The highest BCUT2D eigenvalue weighted by atomic mass is 32.2. The summed E-state index contributed by atoms with van der Waals surface area (Å²) >= 11 is 1.48. The average Bonchev–Trinajstić information content (AvgIpc) is 3.37. The number of hydrogen-bond acceptors (Lipinski definition) is 8. The van der Waals surface area contributed by atoms with E-state index in [0.29, 0.717) is 6.54 Å². The first kappa shape index (κ1) is 21.4. The second-order valence-electron chi connectivity index (χ2n) is 8.84. The highest BCUT2D eigenvalue weighted by Crippen LogP contribution is 2.60. The van der Waals surface area contributed by atoms with Crippen LogP contribution in [0.15, 0.2) is 48.6 Å². The summed E-state index contributed by atoms with van der Waals surface area (Å²) in [6.45, 7) is 0.415. The van der Waals surface area contributed by atoms with Crippen molar-refractivity contribution in [2.75, 3.05) is 26.3 Å². The van der Waals surface area contributed by atoms with Crippen molar-refractivity contribution >= 4 is 40.6 Å². The van der Waals surface area contributed by atoms with E-state index in [0.717, 1.165) is 11.0 Å². The third-order valence-corrected chi connectivity index (χ3v) is 8.81. The minimum Gasteiger partial charge on any atom is -0.461 e. The normalized spacial score (nSPS) is 32.4. The lowest BCUT2D eigenvalue weighted by molar-refractivity contribution is -0.151. The predicted molar refractivity (Wildman–Crippen MR) is 122 cm³/mol. The number of cyclic esters (lactones) is 1. The van der Waals surface area contributed by atoms with Crippen molar-refractivity contribution in [3.63, 3.8) is 0 Å². The molecule has 10 nitrogen and oxygen atoms in total. The number of likely N-dealkylation sites (tertiary alicyclic amines) is 1. The number of aliphatic hydroxyl groups is 1. The van der Waals surface area contributed by atoms with Crippen molar-refractivity contribution in [3.8, 4) is 0 Å². The van der Waals surface area contributed by atoms with Crippen molar-refractivity contribution in [1.82, 2.24) is 24.8 Å². The van der Waals surface area contributed by atoms with E-state index >= 15 is 0 Å². The largest absolute Gasteiger partial charge is 0.461 e. The van der Waals surface area contributed by atoms with Gasteiger partial charge in [-0.25, -0.2) is 4.68 Å². The Morgan fingerprint density at radius 1 is 1.18 bits per heavy atom. The zero-order chi connectivity index (χ0) is 23.4. The van der Waals surface area contributed by atoms with Crippen LogP contribution in [0, 0.1) is 11.8 Å². The van der Waals surface area contributed by atoms with Crippen LogP contribution in [0.1, 0.15) is 0 Å². The van der Waals surface area contributed by atoms with Crippen molar-refractivity contribution in [2.45, 2.75) is 22.7 Å². The summed E-state index contributed by atoms with van der Waals surface area (Å²) in [4.78, 5) is 43.6. The fourth-order valence-corrected chi connectivity index (χ4v) is 7.68. The number of esters is 1. The van der Waals surface area contributed by atoms with Gasteiger partial charge in [0.05, 0.1) is 28.7 Å². The number of thioether (sulfide) groups is 1. The Morgan fingerprint density at radius 3 is 2.88 bits per heavy atom. The van der Waals surface area contributed by atoms with Crippen molar-refractivity contribution in [1.29, 1.82) is 0 Å². The average molecular weight is 482 g/mol. The van der Waals surface area contributed by atoms with E-state index in [9.17, 15) is 19.5 Å². The van der Waals surface area contributed by atoms with Crippen molar-refractivity contribution in [2.24, 2.45) is 11.8 Å². The summed E-state index contributed by atoms with van der Waals surface area (Å²) in [6.07, 6.45) is 7.53. The standard InChI is InChI=1S/C23H23N5O5S/c29-11-10-27-19-21(31)26(13-28-15-6-2-1-5-14(15)24-25-28)9-4-8-23(19)18(20(27)30)17-16(34-23)7-3-12-33-22(17)32/h1-8,16-19,29H,9-13H2/t16-,17+,18-,19?,23-/m0/s1. The van der Waals surface area contributed by atoms with Crippen LogP contribution in [0.5, 0.6) is 0 Å². The smallest absolute Gasteiger partial charge is 0.311 e. The zero-order valence-corrected chi connectivity index (χ0v) is 19.0. The molecule has 1 N–H and O–H groups in total. The first-order valence-corrected chi connectivity index (χ1v) is 12.1. The third-order valence-electron chi connectivity index (χ3n) is 7.06. The minimum atomic E-state index is -0.918. The van der Waals surface area contributed by atoms with Crippen LogP contribution in [-0.4, -0.2) is 90.0 Å². The van der Waals surface area contributed by atoms with Gasteiger partial charge in [-0.1, -0.05) is 41.7 Å². The molecule has 2 fully saturated rings. The Kier molecular flexibility index (Phi) is 4.99. The molecule has 1 aromatic heterocycles. The van der Waals surface area contributed by atoms with E-state index < -0.39 is 28.6 Å². The summed E-state index contributed by atoms with van der Waals surface area (Å²) in [5.74, 6) is -2.36. The number of amides is 2. The molecule has 1 spiro atoms. The first-order valence-electron chi connectivity index (χ1n) is 11.2. The molecule has 2 aromatic rings. The maximum atomic E-state index is 14.0. The highest BCUT2D eigenvalue weighted by Gasteiger charge is 2.71. The van der Waals surface area contributed by atoms with Crippen LogP contribution < -0.4 is 0 Å². The first-order chi connectivity index (χ1) is 16.5. The third kappa shape index (κ3) is 2.96. The Bertz CT molecular complexity index is 1240. The number of ether oxygens (including phenoxy) is 1. The number of aromatic nitrogens is 3. The van der Waals surface area contributed by atoms with Crippen LogP contribution in [0.4, 0.5) is 0 Å². The quantitative estimate of drug-likeness (QED) is 0.486. The van der Waals surface area contributed by atoms with Crippen molar-refractivity contribution < 1.29 is 24.2 Å². The van der Waals surface area contributed by atoms with Gasteiger partial charge in [-0.3, -0.25) is 14.4 Å². The monoisotopic (exact) mass is 481 g/mol. The maximum absolute atomic E-state index is 14.0. The number of fused-ring (bicyclic) bond motifs is 3. The molecular weight excluding hydrogens is 458 g/mol. The van der Waals surface area contributed by atoms with E-state index in [1.165, 1.54) is 16.7 Å². The molecule has 1 aromatic carbocycles. The SMILES string of the molecule is O=C1OCC=C[C@@H]2S[C@]34C=CCN(Cn5nnc6ccccc65)C(=O)C3N(CCO)C(=O)[C@@H]4[C@H]12. The fourth-order valence-electron chi connectivity index (χ4n) is 5.67. The molecule has 0 bridgehead atoms. The Balaban J connectivity index is 1.40. The summed E-state index contributed by atoms with van der Waals surface area (Å²) in [6, 6.07) is 6.66. The number of carbonyl (C=O) groups is 3. The van der Waals surface area contributed by atoms with Gasteiger partial charge in [-0.2, -0.15) is 0 Å². The van der Waals surface area contributed by atoms with Gasteiger partial charge in [0.15, 0.2) is 0 Å². The van der Waals surface area contributed by atoms with E-state index in [-0.39, 0.29) is 43.5 Å². The fraction of sp³-hybridized carbons (Fsp3) is 0.435. The number of aliphatic hydroxyl groups excluding tert-OH is 1. The van der Waals surface area contributed by atoms with Gasteiger partial charge in [-0.05, 0) is 12.1 Å². The van der Waals surface area contributed by atoms with Gasteiger partial charge in [0.1, 0.15) is 24.8 Å². The van der Waals surface area contributed by atoms with E-state index in [1.54, 1.807) is 15.7 Å². The lowest BCUT2D eigenvalue weighted by atomic mass is 9.78. The topological polar surface area (TPSA) is 118 Å². The molecule has 5 atom stereocenters. The molecule has 6 rings (SSSR count). The van der Waals surface area contributed by atoms with Gasteiger partial charge in [0.2, 0.25) is 11.8 Å². The minimum absolute atomic E-state index is 0.0181. The molecule has 0 saturated carbocycles. The number of β-amino-alcohol motifs (C(OH)–C–C–N with tert-alkyl or cyclic N) is 1. The van der Waals surface area contributed by atoms with Crippen molar-refractivity contribution in [3.05, 3.63) is 48.6 Å². The van der Waals surface area contributed by atoms with Crippen LogP contribution in [0.25, 0.3) is 11.0 Å². The van der Waals surface area contributed by atoms with Gasteiger partial charge in [0.25, 0.3) is 0 Å². The van der Waals surface area contributed by atoms with Gasteiger partial charge < -0.3 is 19.6 Å². The number of hydrogen-bond donors (Lipinski definition) is 1. The Hall–Kier alpha value is -3.18. The van der Waals surface area contributed by atoms with Gasteiger partial charge >= 0.3 is 5.97 Å².